The van der Waals surface area contributed by atoms with E-state index in [0.717, 1.165) is 16.0 Å². The van der Waals surface area contributed by atoms with Crippen LogP contribution < -0.4 is 11.1 Å². The first-order valence-electron chi connectivity index (χ1n) is 8.19. The van der Waals surface area contributed by atoms with Gasteiger partial charge in [0.1, 0.15) is 17.5 Å². The highest BCUT2D eigenvalue weighted by Crippen LogP contribution is 2.30. The standard InChI is InChI=1S/C20H18N2O4S/c21-19(25)16(10-12-4-6-14(23)7-5-12)22-20(26)18-9-8-17(27-18)13-2-1-3-15(24)11-13/h1-9,11,16,23-24H,10H2,(H2,21,25)(H,22,26). The number of phenolic OH excluding ortho intramolecular Hbond substituents is 2. The maximum absolute atomic E-state index is 12.5. The summed E-state index contributed by atoms with van der Waals surface area (Å²) < 4.78 is 0. The number of aromatic hydroxyl groups is 2. The molecule has 0 aliphatic heterocycles. The van der Waals surface area contributed by atoms with Crippen LogP contribution in [0.1, 0.15) is 15.2 Å². The molecule has 2 amide bonds. The molecule has 0 saturated heterocycles. The summed E-state index contributed by atoms with van der Waals surface area (Å²) >= 11 is 1.26. The van der Waals surface area contributed by atoms with Crippen molar-refractivity contribution in [2.75, 3.05) is 0 Å². The molecule has 0 radical (unpaired) electrons. The first-order chi connectivity index (χ1) is 12.9. The van der Waals surface area contributed by atoms with Gasteiger partial charge in [0.25, 0.3) is 5.91 Å². The highest BCUT2D eigenvalue weighted by atomic mass is 32.1. The summed E-state index contributed by atoms with van der Waals surface area (Å²) in [6, 6.07) is 15.7. The van der Waals surface area contributed by atoms with Crippen LogP contribution in [-0.4, -0.2) is 28.1 Å². The van der Waals surface area contributed by atoms with Crippen LogP contribution in [0, 0.1) is 0 Å². The van der Waals surface area contributed by atoms with Crippen molar-refractivity contribution in [3.05, 3.63) is 71.1 Å². The summed E-state index contributed by atoms with van der Waals surface area (Å²) in [6.07, 6.45) is 0.228. The smallest absolute Gasteiger partial charge is 0.262 e. The third-order valence-corrected chi connectivity index (χ3v) is 5.12. The van der Waals surface area contributed by atoms with Gasteiger partial charge in [0.05, 0.1) is 4.88 Å². The summed E-state index contributed by atoms with van der Waals surface area (Å²) in [5.74, 6) is -0.763. The van der Waals surface area contributed by atoms with E-state index in [-0.39, 0.29) is 17.9 Å². The fourth-order valence-electron chi connectivity index (χ4n) is 2.59. The van der Waals surface area contributed by atoms with Crippen molar-refractivity contribution in [1.29, 1.82) is 0 Å². The number of hydrogen-bond acceptors (Lipinski definition) is 5. The van der Waals surface area contributed by atoms with E-state index in [0.29, 0.717) is 4.88 Å². The number of nitrogens with one attached hydrogen (secondary N) is 1. The Kier molecular flexibility index (Phi) is 5.42. The second-order valence-corrected chi connectivity index (χ2v) is 7.10. The van der Waals surface area contributed by atoms with Gasteiger partial charge < -0.3 is 21.3 Å². The molecular formula is C20H18N2O4S. The molecule has 7 heteroatoms. The third kappa shape index (κ3) is 4.65. The maximum Gasteiger partial charge on any atom is 0.262 e. The highest BCUT2D eigenvalue weighted by molar-refractivity contribution is 7.17. The third-order valence-electron chi connectivity index (χ3n) is 3.99. The first kappa shape index (κ1) is 18.5. The van der Waals surface area contributed by atoms with E-state index in [1.807, 2.05) is 6.07 Å². The lowest BCUT2D eigenvalue weighted by atomic mass is 10.1. The topological polar surface area (TPSA) is 113 Å². The summed E-state index contributed by atoms with van der Waals surface area (Å²) in [7, 11) is 0. The molecule has 138 valence electrons. The monoisotopic (exact) mass is 382 g/mol. The van der Waals surface area contributed by atoms with Crippen LogP contribution in [0.2, 0.25) is 0 Å². The Morgan fingerprint density at radius 3 is 2.41 bits per heavy atom. The van der Waals surface area contributed by atoms with Crippen molar-refractivity contribution >= 4 is 23.2 Å². The van der Waals surface area contributed by atoms with E-state index in [1.54, 1.807) is 42.5 Å². The predicted molar refractivity (Wildman–Crippen MR) is 104 cm³/mol. The average molecular weight is 382 g/mol. The number of thiophene rings is 1. The lowest BCUT2D eigenvalue weighted by Gasteiger charge is -2.15. The van der Waals surface area contributed by atoms with Gasteiger partial charge in [-0.25, -0.2) is 0 Å². The summed E-state index contributed by atoms with van der Waals surface area (Å²) in [4.78, 5) is 25.5. The Morgan fingerprint density at radius 1 is 1.00 bits per heavy atom. The fourth-order valence-corrected chi connectivity index (χ4v) is 3.50. The number of rotatable bonds is 6. The van der Waals surface area contributed by atoms with Gasteiger partial charge in [-0.3, -0.25) is 9.59 Å². The van der Waals surface area contributed by atoms with Gasteiger partial charge in [0.15, 0.2) is 0 Å². The molecule has 5 N–H and O–H groups in total. The number of carbonyl (C=O) groups is 2. The van der Waals surface area contributed by atoms with Crippen molar-refractivity contribution in [2.24, 2.45) is 5.73 Å². The van der Waals surface area contributed by atoms with Gasteiger partial charge >= 0.3 is 0 Å². The normalized spacial score (nSPS) is 11.7. The molecule has 0 fully saturated rings. The zero-order valence-corrected chi connectivity index (χ0v) is 15.1. The number of carbonyl (C=O) groups excluding carboxylic acids is 2. The molecule has 2 aromatic carbocycles. The Hall–Kier alpha value is -3.32. The molecule has 6 nitrogen and oxygen atoms in total. The Morgan fingerprint density at radius 2 is 1.74 bits per heavy atom. The van der Waals surface area contributed by atoms with Gasteiger partial charge in [-0.05, 0) is 47.5 Å². The van der Waals surface area contributed by atoms with E-state index in [1.165, 1.54) is 23.5 Å². The minimum atomic E-state index is -0.867. The molecule has 3 rings (SSSR count). The molecule has 3 aromatic rings. The summed E-state index contributed by atoms with van der Waals surface area (Å²) in [6.45, 7) is 0. The van der Waals surface area contributed by atoms with Crippen LogP contribution in [0.3, 0.4) is 0 Å². The maximum atomic E-state index is 12.5. The molecule has 0 bridgehead atoms. The number of hydrogen-bond donors (Lipinski definition) is 4. The number of amides is 2. The van der Waals surface area contributed by atoms with E-state index >= 15 is 0 Å². The second kappa shape index (κ2) is 7.92. The molecule has 0 aliphatic carbocycles. The highest BCUT2D eigenvalue weighted by Gasteiger charge is 2.20. The van der Waals surface area contributed by atoms with Crippen LogP contribution in [0.15, 0.2) is 60.7 Å². The van der Waals surface area contributed by atoms with E-state index < -0.39 is 17.9 Å². The number of benzene rings is 2. The van der Waals surface area contributed by atoms with Gasteiger partial charge in [-0.15, -0.1) is 11.3 Å². The largest absolute Gasteiger partial charge is 0.508 e. The van der Waals surface area contributed by atoms with Gasteiger partial charge in [0.2, 0.25) is 5.91 Å². The van der Waals surface area contributed by atoms with Crippen molar-refractivity contribution < 1.29 is 19.8 Å². The Labute approximate surface area is 159 Å². The lowest BCUT2D eigenvalue weighted by Crippen LogP contribution is -2.45. The molecule has 0 saturated carbocycles. The first-order valence-corrected chi connectivity index (χ1v) is 9.01. The summed E-state index contributed by atoms with van der Waals surface area (Å²) in [5.41, 5.74) is 6.99. The van der Waals surface area contributed by atoms with Crippen molar-refractivity contribution in [2.45, 2.75) is 12.5 Å². The van der Waals surface area contributed by atoms with Crippen molar-refractivity contribution in [3.8, 4) is 21.9 Å². The fraction of sp³-hybridized carbons (Fsp3) is 0.100. The molecule has 0 spiro atoms. The minimum absolute atomic E-state index is 0.122. The number of phenols is 2. The van der Waals surface area contributed by atoms with Crippen molar-refractivity contribution in [3.63, 3.8) is 0 Å². The average Bonchev–Trinajstić information content (AvgIpc) is 3.13. The quantitative estimate of drug-likeness (QED) is 0.525. The summed E-state index contributed by atoms with van der Waals surface area (Å²) in [5, 5.41) is 21.6. The van der Waals surface area contributed by atoms with E-state index in [2.05, 4.69) is 5.32 Å². The predicted octanol–water partition coefficient (Wildman–Crippen LogP) is 2.65. The van der Waals surface area contributed by atoms with Gasteiger partial charge in [-0.2, -0.15) is 0 Å². The van der Waals surface area contributed by atoms with Crippen LogP contribution >= 0.6 is 11.3 Å². The van der Waals surface area contributed by atoms with Gasteiger partial charge in [0, 0.05) is 11.3 Å². The minimum Gasteiger partial charge on any atom is -0.508 e. The lowest BCUT2D eigenvalue weighted by molar-refractivity contribution is -0.119. The number of nitrogens with two attached hydrogens (primary N) is 1. The molecular weight excluding hydrogens is 364 g/mol. The molecule has 0 aliphatic rings. The molecule has 27 heavy (non-hydrogen) atoms. The molecule has 1 aromatic heterocycles. The van der Waals surface area contributed by atoms with Crippen LogP contribution in [-0.2, 0) is 11.2 Å². The van der Waals surface area contributed by atoms with E-state index in [9.17, 15) is 19.8 Å². The van der Waals surface area contributed by atoms with Gasteiger partial charge in [-0.1, -0.05) is 24.3 Å². The van der Waals surface area contributed by atoms with Crippen molar-refractivity contribution in [1.82, 2.24) is 5.32 Å². The zero-order valence-electron chi connectivity index (χ0n) is 14.3. The molecule has 1 unspecified atom stereocenters. The molecule has 1 heterocycles. The van der Waals surface area contributed by atoms with Crippen LogP contribution in [0.5, 0.6) is 11.5 Å². The Bertz CT molecular complexity index is 966. The number of primary amides is 1. The second-order valence-electron chi connectivity index (χ2n) is 6.01. The van der Waals surface area contributed by atoms with E-state index in [4.69, 9.17) is 5.73 Å². The SMILES string of the molecule is NC(=O)C(Cc1ccc(O)cc1)NC(=O)c1ccc(-c2cccc(O)c2)s1. The van der Waals surface area contributed by atoms with Crippen LogP contribution in [0.4, 0.5) is 0 Å². The molecule has 1 atom stereocenters. The van der Waals surface area contributed by atoms with Crippen LogP contribution in [0.25, 0.3) is 10.4 Å². The zero-order chi connectivity index (χ0) is 19.4. The Balaban J connectivity index is 1.72.